The van der Waals surface area contributed by atoms with Crippen LogP contribution in [0.25, 0.3) is 11.2 Å². The highest BCUT2D eigenvalue weighted by atomic mass is 19.4. The van der Waals surface area contributed by atoms with Gasteiger partial charge in [-0.2, -0.15) is 13.2 Å². The summed E-state index contributed by atoms with van der Waals surface area (Å²) in [5.41, 5.74) is -0.936. The first kappa shape index (κ1) is 23.7. The van der Waals surface area contributed by atoms with Gasteiger partial charge in [-0.15, -0.1) is 0 Å². The lowest BCUT2D eigenvalue weighted by molar-refractivity contribution is -0.147. The van der Waals surface area contributed by atoms with Crippen LogP contribution in [0.15, 0.2) is 33.9 Å². The van der Waals surface area contributed by atoms with Crippen molar-refractivity contribution >= 4 is 22.8 Å². The first-order valence-electron chi connectivity index (χ1n) is 10.9. The molecular weight excluding hydrogens is 455 g/mol. The third-order valence-electron chi connectivity index (χ3n) is 5.82. The number of alkyl halides is 3. The third-order valence-corrected chi connectivity index (χ3v) is 5.82. The van der Waals surface area contributed by atoms with Crippen LogP contribution in [0.3, 0.4) is 0 Å². The fourth-order valence-corrected chi connectivity index (χ4v) is 4.29. The molecule has 3 aromatic rings. The number of hydrogen-bond acceptors (Lipinski definition) is 5. The zero-order valence-electron chi connectivity index (χ0n) is 18.8. The van der Waals surface area contributed by atoms with Crippen molar-refractivity contribution in [2.24, 2.45) is 0 Å². The topological polar surface area (TPSA) is 91.4 Å². The molecule has 1 aliphatic heterocycles. The standard InChI is InChI=1S/C22H24F3N5O4/c1-3-9-29-18-17(28(11-12-34-2)20(26-18)22(23,24)25)19(32)30(21(29)33)13-16(31)27-10-8-14-6-4-5-7-15(14)27/h4-7H,3,8-13H2,1-2H3. The number of halogens is 3. The van der Waals surface area contributed by atoms with Gasteiger partial charge < -0.3 is 14.2 Å². The van der Waals surface area contributed by atoms with Crippen molar-refractivity contribution in [1.29, 1.82) is 0 Å². The number of imidazole rings is 1. The normalized spacial score (nSPS) is 13.6. The second kappa shape index (κ2) is 9.09. The van der Waals surface area contributed by atoms with Crippen molar-refractivity contribution < 1.29 is 22.7 Å². The number of aryl methyl sites for hydroxylation is 1. The van der Waals surface area contributed by atoms with E-state index in [9.17, 15) is 27.6 Å². The van der Waals surface area contributed by atoms with Gasteiger partial charge in [0.05, 0.1) is 6.61 Å². The van der Waals surface area contributed by atoms with Gasteiger partial charge in [0, 0.05) is 32.4 Å². The number of nitrogens with zero attached hydrogens (tertiary/aromatic N) is 5. The molecule has 3 heterocycles. The van der Waals surface area contributed by atoms with E-state index in [1.165, 1.54) is 12.0 Å². The van der Waals surface area contributed by atoms with Crippen LogP contribution in [-0.2, 0) is 41.8 Å². The van der Waals surface area contributed by atoms with Gasteiger partial charge >= 0.3 is 11.9 Å². The molecule has 12 heteroatoms. The van der Waals surface area contributed by atoms with Gasteiger partial charge in [-0.25, -0.2) is 14.3 Å². The Labute approximate surface area is 192 Å². The number of carbonyl (C=O) groups is 1. The SMILES string of the molecule is CCCn1c(=O)n(CC(=O)N2CCc3ccccc32)c(=O)c2c1nc(C(F)(F)F)n2CCOC. The molecule has 34 heavy (non-hydrogen) atoms. The summed E-state index contributed by atoms with van der Waals surface area (Å²) in [6, 6.07) is 7.30. The van der Waals surface area contributed by atoms with Crippen LogP contribution >= 0.6 is 0 Å². The van der Waals surface area contributed by atoms with E-state index in [4.69, 9.17) is 4.74 Å². The Balaban J connectivity index is 1.88. The summed E-state index contributed by atoms with van der Waals surface area (Å²) in [5.74, 6) is -1.79. The highest BCUT2D eigenvalue weighted by Gasteiger charge is 2.39. The molecule has 1 aliphatic rings. The predicted molar refractivity (Wildman–Crippen MR) is 118 cm³/mol. The minimum Gasteiger partial charge on any atom is -0.383 e. The number of ether oxygens (including phenoxy) is 1. The Morgan fingerprint density at radius 1 is 1.12 bits per heavy atom. The summed E-state index contributed by atoms with van der Waals surface area (Å²) in [6.07, 6.45) is -3.81. The summed E-state index contributed by atoms with van der Waals surface area (Å²) >= 11 is 0. The van der Waals surface area contributed by atoms with Crippen molar-refractivity contribution in [3.63, 3.8) is 0 Å². The molecular formula is C22H24F3N5O4. The molecule has 1 amide bonds. The molecule has 4 rings (SSSR count). The molecule has 0 fully saturated rings. The van der Waals surface area contributed by atoms with Gasteiger partial charge in [0.15, 0.2) is 11.2 Å². The second-order valence-electron chi connectivity index (χ2n) is 8.00. The number of carbonyl (C=O) groups excluding carboxylic acids is 1. The molecule has 0 N–H and O–H groups in total. The highest BCUT2D eigenvalue weighted by molar-refractivity contribution is 5.95. The first-order valence-corrected chi connectivity index (χ1v) is 10.9. The quantitative estimate of drug-likeness (QED) is 0.517. The van der Waals surface area contributed by atoms with E-state index >= 15 is 0 Å². The van der Waals surface area contributed by atoms with E-state index < -0.39 is 35.7 Å². The minimum absolute atomic E-state index is 0.0366. The molecule has 0 bridgehead atoms. The largest absolute Gasteiger partial charge is 0.449 e. The van der Waals surface area contributed by atoms with Crippen LogP contribution in [-0.4, -0.2) is 44.9 Å². The summed E-state index contributed by atoms with van der Waals surface area (Å²) < 4.78 is 48.6. The van der Waals surface area contributed by atoms with Gasteiger partial charge in [0.25, 0.3) is 5.56 Å². The van der Waals surface area contributed by atoms with Crippen molar-refractivity contribution in [2.45, 2.75) is 45.6 Å². The van der Waals surface area contributed by atoms with Gasteiger partial charge in [-0.1, -0.05) is 25.1 Å². The Hall–Kier alpha value is -3.41. The number of fused-ring (bicyclic) bond motifs is 2. The molecule has 182 valence electrons. The van der Waals surface area contributed by atoms with E-state index in [1.54, 1.807) is 19.1 Å². The van der Waals surface area contributed by atoms with Crippen molar-refractivity contribution in [1.82, 2.24) is 18.7 Å². The van der Waals surface area contributed by atoms with Crippen LogP contribution in [0.5, 0.6) is 0 Å². The smallest absolute Gasteiger partial charge is 0.383 e. The number of hydrogen-bond donors (Lipinski definition) is 0. The van der Waals surface area contributed by atoms with Crippen molar-refractivity contribution in [3.05, 3.63) is 56.5 Å². The summed E-state index contributed by atoms with van der Waals surface area (Å²) in [5, 5.41) is 0. The maximum atomic E-state index is 13.7. The Morgan fingerprint density at radius 3 is 2.53 bits per heavy atom. The maximum Gasteiger partial charge on any atom is 0.449 e. The van der Waals surface area contributed by atoms with Gasteiger partial charge in [-0.05, 0) is 24.5 Å². The fraction of sp³-hybridized carbons (Fsp3) is 0.455. The second-order valence-corrected chi connectivity index (χ2v) is 8.00. The minimum atomic E-state index is -4.85. The van der Waals surface area contributed by atoms with Crippen LogP contribution in [0, 0.1) is 0 Å². The average molecular weight is 479 g/mol. The molecule has 0 spiro atoms. The summed E-state index contributed by atoms with van der Waals surface area (Å²) in [7, 11) is 1.32. The zero-order chi connectivity index (χ0) is 24.6. The Kier molecular flexibility index (Phi) is 6.34. The van der Waals surface area contributed by atoms with E-state index in [0.29, 0.717) is 29.6 Å². The lowest BCUT2D eigenvalue weighted by Gasteiger charge is -2.18. The lowest BCUT2D eigenvalue weighted by Crippen LogP contribution is -2.45. The fourth-order valence-electron chi connectivity index (χ4n) is 4.29. The number of anilines is 1. The van der Waals surface area contributed by atoms with Crippen LogP contribution in [0.1, 0.15) is 24.7 Å². The number of rotatable bonds is 7. The zero-order valence-corrected chi connectivity index (χ0v) is 18.8. The number of para-hydroxylation sites is 1. The molecule has 2 aromatic heterocycles. The number of aromatic nitrogens is 4. The average Bonchev–Trinajstić information content (AvgIpc) is 3.40. The van der Waals surface area contributed by atoms with Gasteiger partial charge in [0.1, 0.15) is 6.54 Å². The van der Waals surface area contributed by atoms with Crippen molar-refractivity contribution in [3.8, 4) is 0 Å². The molecule has 0 saturated heterocycles. The van der Waals surface area contributed by atoms with E-state index in [1.807, 2.05) is 12.1 Å². The van der Waals surface area contributed by atoms with Crippen LogP contribution in [0.2, 0.25) is 0 Å². The molecule has 1 aromatic carbocycles. The number of amides is 1. The maximum absolute atomic E-state index is 13.7. The van der Waals surface area contributed by atoms with E-state index in [2.05, 4.69) is 4.98 Å². The molecule has 9 nitrogen and oxygen atoms in total. The number of benzene rings is 1. The summed E-state index contributed by atoms with van der Waals surface area (Å²) in [4.78, 5) is 44.7. The third kappa shape index (κ3) is 4.02. The molecule has 0 unspecified atom stereocenters. The molecule has 0 atom stereocenters. The molecule has 0 radical (unpaired) electrons. The van der Waals surface area contributed by atoms with Crippen LogP contribution in [0.4, 0.5) is 18.9 Å². The van der Waals surface area contributed by atoms with E-state index in [-0.39, 0.29) is 30.9 Å². The highest BCUT2D eigenvalue weighted by Crippen LogP contribution is 2.31. The lowest BCUT2D eigenvalue weighted by atomic mass is 10.2. The first-order chi connectivity index (χ1) is 16.2. The van der Waals surface area contributed by atoms with E-state index in [0.717, 1.165) is 14.7 Å². The Bertz CT molecular complexity index is 1360. The van der Waals surface area contributed by atoms with Gasteiger partial charge in [-0.3, -0.25) is 14.2 Å². The monoisotopic (exact) mass is 479 g/mol. The Morgan fingerprint density at radius 2 is 1.85 bits per heavy atom. The number of methoxy groups -OCH3 is 1. The predicted octanol–water partition coefficient (Wildman–Crippen LogP) is 2.02. The summed E-state index contributed by atoms with van der Waals surface area (Å²) in [6.45, 7) is 1.17. The molecule has 0 aliphatic carbocycles. The van der Waals surface area contributed by atoms with Crippen LogP contribution < -0.4 is 16.1 Å². The van der Waals surface area contributed by atoms with Crippen molar-refractivity contribution in [2.75, 3.05) is 25.2 Å². The van der Waals surface area contributed by atoms with Gasteiger partial charge in [0.2, 0.25) is 11.7 Å². The molecule has 0 saturated carbocycles.